The zero-order chi connectivity index (χ0) is 17.6. The number of hydrogen-bond acceptors (Lipinski definition) is 3. The van der Waals surface area contributed by atoms with Gasteiger partial charge in [-0.25, -0.2) is 4.98 Å². The first kappa shape index (κ1) is 17.2. The number of rotatable bonds is 7. The Hall–Kier alpha value is -2.68. The molecule has 1 heterocycles. The van der Waals surface area contributed by atoms with E-state index >= 15 is 0 Å². The van der Waals surface area contributed by atoms with E-state index in [2.05, 4.69) is 43.1 Å². The van der Waals surface area contributed by atoms with Crippen molar-refractivity contribution in [1.82, 2.24) is 4.98 Å². The highest BCUT2D eigenvalue weighted by Crippen LogP contribution is 2.27. The fraction of sp³-hybridized carbons (Fsp3) is 0.273. The fourth-order valence-electron chi connectivity index (χ4n) is 2.99. The Labute approximate surface area is 148 Å². The minimum Gasteiger partial charge on any atom is -0.448 e. The average Bonchev–Trinajstić information content (AvgIpc) is 3.15. The van der Waals surface area contributed by atoms with Crippen molar-refractivity contribution in [2.75, 3.05) is 0 Å². The molecular formula is C22H23NO2. The summed E-state index contributed by atoms with van der Waals surface area (Å²) in [5.41, 5.74) is 3.39. The molecule has 0 aliphatic carbocycles. The number of carbonyl (C=O) groups excluding carboxylic acids is 1. The lowest BCUT2D eigenvalue weighted by Crippen LogP contribution is -2.11. The topological polar surface area (TPSA) is 43.1 Å². The number of oxazole rings is 1. The number of carbonyl (C=O) groups is 1. The van der Waals surface area contributed by atoms with Crippen molar-refractivity contribution in [3.05, 3.63) is 89.6 Å². The largest absolute Gasteiger partial charge is 0.448 e. The summed E-state index contributed by atoms with van der Waals surface area (Å²) in [6, 6.07) is 18.3. The van der Waals surface area contributed by atoms with E-state index in [9.17, 15) is 4.79 Å². The summed E-state index contributed by atoms with van der Waals surface area (Å²) in [5.74, 6) is 1.13. The lowest BCUT2D eigenvalue weighted by Gasteiger charge is -2.13. The van der Waals surface area contributed by atoms with Gasteiger partial charge in [-0.2, -0.15) is 0 Å². The van der Waals surface area contributed by atoms with Crippen molar-refractivity contribution in [2.45, 2.75) is 38.5 Å². The third-order valence-electron chi connectivity index (χ3n) is 4.43. The number of hydrogen-bond donors (Lipinski definition) is 0. The Morgan fingerprint density at radius 2 is 1.72 bits per heavy atom. The maximum atomic E-state index is 12.6. The number of nitrogens with zero attached hydrogens (tertiary/aromatic N) is 1. The van der Waals surface area contributed by atoms with Crippen LogP contribution < -0.4 is 0 Å². The van der Waals surface area contributed by atoms with Crippen molar-refractivity contribution in [3.8, 4) is 0 Å². The Bertz CT molecular complexity index is 790. The van der Waals surface area contributed by atoms with Crippen LogP contribution in [0.4, 0.5) is 0 Å². The van der Waals surface area contributed by atoms with E-state index in [0.717, 1.165) is 11.1 Å². The minimum atomic E-state index is -0.140. The van der Waals surface area contributed by atoms with E-state index in [1.807, 2.05) is 30.3 Å². The molecule has 0 spiro atoms. The van der Waals surface area contributed by atoms with E-state index in [-0.39, 0.29) is 11.7 Å². The summed E-state index contributed by atoms with van der Waals surface area (Å²) in [4.78, 5) is 16.9. The Morgan fingerprint density at radius 3 is 2.32 bits per heavy atom. The highest BCUT2D eigenvalue weighted by molar-refractivity contribution is 5.82. The van der Waals surface area contributed by atoms with E-state index in [4.69, 9.17) is 4.42 Å². The number of aromatic nitrogens is 1. The van der Waals surface area contributed by atoms with Gasteiger partial charge in [-0.15, -0.1) is 0 Å². The van der Waals surface area contributed by atoms with Gasteiger partial charge in [0.2, 0.25) is 5.89 Å². The van der Waals surface area contributed by atoms with E-state index < -0.39 is 0 Å². The summed E-state index contributed by atoms with van der Waals surface area (Å²) in [5, 5.41) is 0. The molecule has 0 aliphatic rings. The summed E-state index contributed by atoms with van der Waals surface area (Å²) in [6.07, 6.45) is 4.00. The van der Waals surface area contributed by atoms with E-state index in [1.165, 1.54) is 5.56 Å². The maximum Gasteiger partial charge on any atom is 0.201 e. The first-order valence-corrected chi connectivity index (χ1v) is 8.68. The molecule has 0 saturated carbocycles. The Morgan fingerprint density at radius 1 is 1.00 bits per heavy atom. The zero-order valence-electron chi connectivity index (χ0n) is 14.7. The highest BCUT2D eigenvalue weighted by atomic mass is 16.3. The monoisotopic (exact) mass is 333 g/mol. The molecule has 3 nitrogen and oxygen atoms in total. The van der Waals surface area contributed by atoms with Crippen LogP contribution in [0.2, 0.25) is 0 Å². The fourth-order valence-corrected chi connectivity index (χ4v) is 2.99. The van der Waals surface area contributed by atoms with Gasteiger partial charge in [0.05, 0.1) is 12.1 Å². The average molecular weight is 333 g/mol. The molecule has 0 aliphatic heterocycles. The second-order valence-corrected chi connectivity index (χ2v) is 6.65. The molecular weight excluding hydrogens is 310 g/mol. The van der Waals surface area contributed by atoms with Crippen LogP contribution in [0.3, 0.4) is 0 Å². The van der Waals surface area contributed by atoms with Crippen molar-refractivity contribution >= 4 is 5.78 Å². The molecule has 3 aromatic rings. The molecule has 0 amide bonds. The zero-order valence-corrected chi connectivity index (χ0v) is 14.7. The van der Waals surface area contributed by atoms with Crippen molar-refractivity contribution < 1.29 is 9.21 Å². The van der Waals surface area contributed by atoms with Gasteiger partial charge in [-0.1, -0.05) is 68.4 Å². The van der Waals surface area contributed by atoms with Crippen molar-refractivity contribution in [2.24, 2.45) is 0 Å². The SMILES string of the molecule is CC(C)c1ccc(CC(=O)CC(c2ccccc2)c2ncco2)cc1. The molecule has 25 heavy (non-hydrogen) atoms. The molecule has 3 rings (SSSR count). The van der Waals surface area contributed by atoms with Crippen LogP contribution in [-0.4, -0.2) is 10.8 Å². The molecule has 0 N–H and O–H groups in total. The van der Waals surface area contributed by atoms with Gasteiger partial charge in [-0.05, 0) is 22.6 Å². The summed E-state index contributed by atoms with van der Waals surface area (Å²) >= 11 is 0. The minimum absolute atomic E-state index is 0.140. The van der Waals surface area contributed by atoms with E-state index in [1.54, 1.807) is 12.5 Å². The van der Waals surface area contributed by atoms with Crippen LogP contribution in [0.15, 0.2) is 71.5 Å². The summed E-state index contributed by atoms with van der Waals surface area (Å²) < 4.78 is 5.48. The predicted molar refractivity (Wildman–Crippen MR) is 98.6 cm³/mol. The van der Waals surface area contributed by atoms with Crippen LogP contribution >= 0.6 is 0 Å². The smallest absolute Gasteiger partial charge is 0.201 e. The lowest BCUT2D eigenvalue weighted by atomic mass is 9.91. The molecule has 0 bridgehead atoms. The highest BCUT2D eigenvalue weighted by Gasteiger charge is 2.22. The van der Waals surface area contributed by atoms with Gasteiger partial charge in [0.25, 0.3) is 0 Å². The van der Waals surface area contributed by atoms with Gasteiger partial charge in [-0.3, -0.25) is 4.79 Å². The standard InChI is InChI=1S/C22H23NO2/c1-16(2)18-10-8-17(9-11-18)14-20(24)15-21(22-23-12-13-25-22)19-6-4-3-5-7-19/h3-13,16,21H,14-15H2,1-2H3. The van der Waals surface area contributed by atoms with Crippen molar-refractivity contribution in [3.63, 3.8) is 0 Å². The first-order chi connectivity index (χ1) is 12.1. The second kappa shape index (κ2) is 7.93. The Kier molecular flexibility index (Phi) is 5.44. The van der Waals surface area contributed by atoms with Crippen LogP contribution in [0, 0.1) is 0 Å². The van der Waals surface area contributed by atoms with Gasteiger partial charge >= 0.3 is 0 Å². The quantitative estimate of drug-likeness (QED) is 0.602. The molecule has 0 fully saturated rings. The molecule has 128 valence electrons. The van der Waals surface area contributed by atoms with Crippen LogP contribution in [0.25, 0.3) is 0 Å². The van der Waals surface area contributed by atoms with Gasteiger partial charge < -0.3 is 4.42 Å². The molecule has 1 atom stereocenters. The Balaban J connectivity index is 1.72. The number of ketones is 1. The molecule has 1 unspecified atom stereocenters. The van der Waals surface area contributed by atoms with Crippen LogP contribution in [0.1, 0.15) is 54.7 Å². The molecule has 0 saturated heterocycles. The molecule has 1 aromatic heterocycles. The third kappa shape index (κ3) is 4.44. The summed E-state index contributed by atoms with van der Waals surface area (Å²) in [6.45, 7) is 4.34. The van der Waals surface area contributed by atoms with Gasteiger partial charge in [0.15, 0.2) is 0 Å². The predicted octanol–water partition coefficient (Wildman–Crippen LogP) is 5.13. The number of Topliss-reactive ketones (excluding diaryl/α,β-unsaturated/α-hetero) is 1. The number of benzene rings is 2. The maximum absolute atomic E-state index is 12.6. The molecule has 0 radical (unpaired) electrons. The second-order valence-electron chi connectivity index (χ2n) is 6.65. The van der Waals surface area contributed by atoms with Gasteiger partial charge in [0.1, 0.15) is 12.0 Å². The molecule has 2 aromatic carbocycles. The lowest BCUT2D eigenvalue weighted by molar-refractivity contribution is -0.118. The van der Waals surface area contributed by atoms with Crippen molar-refractivity contribution in [1.29, 1.82) is 0 Å². The summed E-state index contributed by atoms with van der Waals surface area (Å²) in [7, 11) is 0. The van der Waals surface area contributed by atoms with Crippen LogP contribution in [-0.2, 0) is 11.2 Å². The third-order valence-corrected chi connectivity index (χ3v) is 4.43. The van der Waals surface area contributed by atoms with Gasteiger partial charge in [0, 0.05) is 12.8 Å². The first-order valence-electron chi connectivity index (χ1n) is 8.68. The molecule has 3 heteroatoms. The van der Waals surface area contributed by atoms with Crippen LogP contribution in [0.5, 0.6) is 0 Å². The van der Waals surface area contributed by atoms with E-state index in [0.29, 0.717) is 24.7 Å². The normalized spacial score (nSPS) is 12.3.